The average Bonchev–Trinajstić information content (AvgIpc) is 2.85. The van der Waals surface area contributed by atoms with Crippen LogP contribution >= 0.6 is 23.8 Å². The highest BCUT2D eigenvalue weighted by Crippen LogP contribution is 2.12. The van der Waals surface area contributed by atoms with Gasteiger partial charge in [0.15, 0.2) is 5.11 Å². The molecule has 3 N–H and O–H groups in total. The van der Waals surface area contributed by atoms with Crippen LogP contribution in [-0.4, -0.2) is 21.5 Å². The maximum Gasteiger partial charge on any atom is 0.191 e. The third-order valence-electron chi connectivity index (χ3n) is 1.99. The van der Waals surface area contributed by atoms with Crippen molar-refractivity contribution >= 4 is 40.8 Å². The number of benzene rings is 1. The van der Waals surface area contributed by atoms with Crippen molar-refractivity contribution < 1.29 is 0 Å². The Morgan fingerprint density at radius 3 is 2.78 bits per heavy atom. The van der Waals surface area contributed by atoms with E-state index in [0.717, 1.165) is 11.4 Å². The first kappa shape index (κ1) is 12.5. The highest BCUT2D eigenvalue weighted by Gasteiger charge is 1.95. The molecule has 0 unspecified atom stereocenters. The molecule has 0 radical (unpaired) electrons. The number of halogens is 1. The summed E-state index contributed by atoms with van der Waals surface area (Å²) in [5.74, 6) is 0. The van der Waals surface area contributed by atoms with Gasteiger partial charge in [-0.3, -0.25) is 10.5 Å². The van der Waals surface area contributed by atoms with E-state index in [1.165, 1.54) is 0 Å². The van der Waals surface area contributed by atoms with Crippen LogP contribution in [0.3, 0.4) is 0 Å². The van der Waals surface area contributed by atoms with Gasteiger partial charge in [-0.05, 0) is 42.5 Å². The van der Waals surface area contributed by atoms with Gasteiger partial charge < -0.3 is 5.32 Å². The number of rotatable bonds is 3. The second-order valence-corrected chi connectivity index (χ2v) is 4.19. The van der Waals surface area contributed by atoms with Crippen LogP contribution in [0.4, 0.5) is 5.69 Å². The molecule has 0 atom stereocenters. The van der Waals surface area contributed by atoms with Crippen molar-refractivity contribution in [1.82, 2.24) is 15.6 Å². The molecule has 0 aliphatic heterocycles. The number of H-pyrrole nitrogens is 1. The van der Waals surface area contributed by atoms with Crippen molar-refractivity contribution in [2.75, 3.05) is 5.32 Å². The average molecular weight is 280 g/mol. The zero-order valence-corrected chi connectivity index (χ0v) is 10.8. The van der Waals surface area contributed by atoms with Crippen LogP contribution in [0, 0.1) is 0 Å². The molecule has 1 aromatic carbocycles. The van der Waals surface area contributed by atoms with Gasteiger partial charge in [-0.15, -0.1) is 0 Å². The number of hydrogen-bond acceptors (Lipinski definition) is 3. The van der Waals surface area contributed by atoms with E-state index >= 15 is 0 Å². The van der Waals surface area contributed by atoms with Gasteiger partial charge in [-0.2, -0.15) is 10.2 Å². The van der Waals surface area contributed by atoms with Gasteiger partial charge in [0.05, 0.1) is 11.9 Å². The standard InChI is InChI=1S/C11H10ClN5S/c12-8-1-3-9(4-2-8)15-11(18)17-14-7-10-5-6-13-16-10/h1-7H,(H,13,16)(H2,15,17,18)/b14-7+. The highest BCUT2D eigenvalue weighted by molar-refractivity contribution is 7.80. The second-order valence-electron chi connectivity index (χ2n) is 3.34. The molecule has 2 rings (SSSR count). The van der Waals surface area contributed by atoms with Crippen LogP contribution in [0.1, 0.15) is 5.69 Å². The first-order valence-electron chi connectivity index (χ1n) is 5.09. The van der Waals surface area contributed by atoms with E-state index in [1.807, 2.05) is 12.1 Å². The fraction of sp³-hybridized carbons (Fsp3) is 0. The molecular formula is C11H10ClN5S. The van der Waals surface area contributed by atoms with Gasteiger partial charge in [0.2, 0.25) is 0 Å². The number of aromatic nitrogens is 2. The molecule has 1 heterocycles. The second kappa shape index (κ2) is 6.13. The quantitative estimate of drug-likeness (QED) is 0.459. The van der Waals surface area contributed by atoms with E-state index in [-0.39, 0.29) is 0 Å². The van der Waals surface area contributed by atoms with E-state index in [2.05, 4.69) is 26.0 Å². The molecule has 2 aromatic rings. The van der Waals surface area contributed by atoms with Crippen LogP contribution < -0.4 is 10.7 Å². The minimum Gasteiger partial charge on any atom is -0.331 e. The maximum absolute atomic E-state index is 5.78. The smallest absolute Gasteiger partial charge is 0.191 e. The van der Waals surface area contributed by atoms with Crippen molar-refractivity contribution in [2.45, 2.75) is 0 Å². The van der Waals surface area contributed by atoms with E-state index in [4.69, 9.17) is 23.8 Å². The number of aromatic amines is 1. The zero-order chi connectivity index (χ0) is 12.8. The Morgan fingerprint density at radius 1 is 1.33 bits per heavy atom. The lowest BCUT2D eigenvalue weighted by Crippen LogP contribution is -2.23. The number of thiocarbonyl (C=S) groups is 1. The van der Waals surface area contributed by atoms with Crippen molar-refractivity contribution in [3.63, 3.8) is 0 Å². The normalized spacial score (nSPS) is 10.5. The lowest BCUT2D eigenvalue weighted by Gasteiger charge is -2.06. The summed E-state index contributed by atoms with van der Waals surface area (Å²) in [7, 11) is 0. The van der Waals surface area contributed by atoms with Gasteiger partial charge in [0.25, 0.3) is 0 Å². The number of hydrazone groups is 1. The number of nitrogens with zero attached hydrogens (tertiary/aromatic N) is 2. The van der Waals surface area contributed by atoms with Crippen LogP contribution in [0.15, 0.2) is 41.6 Å². The van der Waals surface area contributed by atoms with Crippen LogP contribution in [0.5, 0.6) is 0 Å². The van der Waals surface area contributed by atoms with Crippen LogP contribution in [-0.2, 0) is 0 Å². The maximum atomic E-state index is 5.78. The van der Waals surface area contributed by atoms with Gasteiger partial charge in [-0.1, -0.05) is 11.6 Å². The summed E-state index contributed by atoms with van der Waals surface area (Å²) < 4.78 is 0. The summed E-state index contributed by atoms with van der Waals surface area (Å²) in [5, 5.41) is 14.5. The van der Waals surface area contributed by atoms with Gasteiger partial charge in [-0.25, -0.2) is 0 Å². The van der Waals surface area contributed by atoms with Crippen molar-refractivity contribution in [1.29, 1.82) is 0 Å². The molecule has 18 heavy (non-hydrogen) atoms. The molecular weight excluding hydrogens is 270 g/mol. The predicted octanol–water partition coefficient (Wildman–Crippen LogP) is 2.38. The Labute approximate surface area is 114 Å². The summed E-state index contributed by atoms with van der Waals surface area (Å²) >= 11 is 10.8. The fourth-order valence-electron chi connectivity index (χ4n) is 1.19. The molecule has 7 heteroatoms. The minimum absolute atomic E-state index is 0.396. The van der Waals surface area contributed by atoms with Crippen molar-refractivity contribution in [3.8, 4) is 0 Å². The van der Waals surface area contributed by atoms with Gasteiger partial charge in [0, 0.05) is 16.9 Å². The van der Waals surface area contributed by atoms with E-state index in [0.29, 0.717) is 10.1 Å². The lowest BCUT2D eigenvalue weighted by atomic mass is 10.3. The first-order valence-corrected chi connectivity index (χ1v) is 5.87. The molecule has 0 saturated heterocycles. The number of nitrogens with one attached hydrogen (secondary N) is 3. The summed E-state index contributed by atoms with van der Waals surface area (Å²) in [6.45, 7) is 0. The molecule has 0 aliphatic carbocycles. The molecule has 0 aliphatic rings. The summed E-state index contributed by atoms with van der Waals surface area (Å²) in [6.07, 6.45) is 3.23. The molecule has 0 bridgehead atoms. The Morgan fingerprint density at radius 2 is 2.11 bits per heavy atom. The highest BCUT2D eigenvalue weighted by atomic mass is 35.5. The Kier molecular flexibility index (Phi) is 4.27. The molecule has 5 nitrogen and oxygen atoms in total. The van der Waals surface area contributed by atoms with Crippen LogP contribution in [0.2, 0.25) is 5.02 Å². The van der Waals surface area contributed by atoms with Crippen molar-refractivity contribution in [3.05, 3.63) is 47.2 Å². The summed E-state index contributed by atoms with van der Waals surface area (Å²) in [4.78, 5) is 0. The molecule has 0 fully saturated rings. The third-order valence-corrected chi connectivity index (χ3v) is 2.44. The Hall–Kier alpha value is -1.92. The monoisotopic (exact) mass is 279 g/mol. The van der Waals surface area contributed by atoms with Crippen molar-refractivity contribution in [2.24, 2.45) is 5.10 Å². The Bertz CT molecular complexity index is 535. The van der Waals surface area contributed by atoms with E-state index in [9.17, 15) is 0 Å². The van der Waals surface area contributed by atoms with Gasteiger partial charge in [0.1, 0.15) is 0 Å². The van der Waals surface area contributed by atoms with Crippen LogP contribution in [0.25, 0.3) is 0 Å². The number of hydrogen-bond donors (Lipinski definition) is 3. The molecule has 92 valence electrons. The SMILES string of the molecule is S=C(N/N=C/c1ccn[nH]1)Nc1ccc(Cl)cc1. The minimum atomic E-state index is 0.396. The van der Waals surface area contributed by atoms with Gasteiger partial charge >= 0.3 is 0 Å². The largest absolute Gasteiger partial charge is 0.331 e. The van der Waals surface area contributed by atoms with E-state index < -0.39 is 0 Å². The fourth-order valence-corrected chi connectivity index (χ4v) is 1.49. The molecule has 1 aromatic heterocycles. The lowest BCUT2D eigenvalue weighted by molar-refractivity contribution is 1.04. The number of anilines is 1. The zero-order valence-electron chi connectivity index (χ0n) is 9.22. The topological polar surface area (TPSA) is 65.1 Å². The summed E-state index contributed by atoms with van der Waals surface area (Å²) in [5.41, 5.74) is 4.32. The molecule has 0 amide bonds. The predicted molar refractivity (Wildman–Crippen MR) is 77.0 cm³/mol. The summed E-state index contributed by atoms with van der Waals surface area (Å²) in [6, 6.07) is 9.01. The molecule has 0 saturated carbocycles. The first-order chi connectivity index (χ1) is 8.74. The molecule has 0 spiro atoms. The third kappa shape index (κ3) is 3.83. The Balaban J connectivity index is 1.84. The van der Waals surface area contributed by atoms with E-state index in [1.54, 1.807) is 30.6 Å².